The third-order valence-electron chi connectivity index (χ3n) is 10.0. The summed E-state index contributed by atoms with van der Waals surface area (Å²) in [5.41, 5.74) is 9.81. The van der Waals surface area contributed by atoms with Gasteiger partial charge < -0.3 is 19.1 Å². The molecule has 0 N–H and O–H groups in total. The van der Waals surface area contributed by atoms with E-state index in [0.29, 0.717) is 17.4 Å². The van der Waals surface area contributed by atoms with E-state index in [1.54, 1.807) is 0 Å². The number of aromatic nitrogens is 2. The van der Waals surface area contributed by atoms with Crippen LogP contribution in [-0.4, -0.2) is 9.55 Å². The number of hydrogen-bond donors (Lipinski definition) is 0. The van der Waals surface area contributed by atoms with Crippen molar-refractivity contribution in [2.75, 3.05) is 9.80 Å². The van der Waals surface area contributed by atoms with Crippen LogP contribution in [0.5, 0.6) is 11.5 Å². The third kappa shape index (κ3) is 6.88. The smallest absolute Gasteiger partial charge is 0.135 e. The molecule has 0 spiro atoms. The van der Waals surface area contributed by atoms with E-state index < -0.39 is 0 Å². The van der Waals surface area contributed by atoms with Crippen LogP contribution in [0.4, 0.5) is 22.7 Å². The predicted octanol–water partition coefficient (Wildman–Crippen LogP) is 12.7. The molecular weight excluding hydrogens is 832 g/mol. The molecule has 2 aromatic heterocycles. The molecule has 1 aliphatic heterocycles. The van der Waals surface area contributed by atoms with Gasteiger partial charge in [-0.3, -0.25) is 0 Å². The summed E-state index contributed by atoms with van der Waals surface area (Å²) in [5.74, 6) is 2.56. The first-order valence-corrected chi connectivity index (χ1v) is 18.2. The topological polar surface area (TPSA) is 33.5 Å². The molecule has 0 aliphatic carbocycles. The molecule has 0 fully saturated rings. The number of para-hydroxylation sites is 3. The Morgan fingerprint density at radius 1 is 0.660 bits per heavy atom. The van der Waals surface area contributed by atoms with Crippen LogP contribution in [0.25, 0.3) is 27.6 Å². The van der Waals surface area contributed by atoms with E-state index in [1.165, 1.54) is 11.1 Å². The molecule has 6 heteroatoms. The standard InChI is InChI=1S/C47H45N4O.Pt/c1-31(2)32-14-13-15-35(24-32)49-30-50(43-19-12-11-18-42(43)49)36-25-34(47(6,7)8)26-38(28-36)52-37-20-21-40-39-16-9-10-17-41(39)51(44(40)29-37)45-27-33(22-23-48-45)46(3,4)5;/h9-27,30-31H,1-8H3;/q-3;. The maximum atomic E-state index is 6.73. The maximum absolute atomic E-state index is 6.73. The molecule has 0 amide bonds. The van der Waals surface area contributed by atoms with Gasteiger partial charge in [0.2, 0.25) is 0 Å². The minimum absolute atomic E-state index is 0. The Kier molecular flexibility index (Phi) is 9.53. The van der Waals surface area contributed by atoms with Crippen LogP contribution in [0.2, 0.25) is 0 Å². The Morgan fingerprint density at radius 2 is 1.38 bits per heavy atom. The predicted molar refractivity (Wildman–Crippen MR) is 216 cm³/mol. The zero-order valence-electron chi connectivity index (χ0n) is 31.6. The maximum Gasteiger partial charge on any atom is 0.135 e. The quantitative estimate of drug-likeness (QED) is 0.156. The van der Waals surface area contributed by atoms with Gasteiger partial charge in [-0.25, -0.2) is 4.98 Å². The molecule has 5 nitrogen and oxygen atoms in total. The van der Waals surface area contributed by atoms with Gasteiger partial charge in [0.05, 0.1) is 0 Å². The average molecular weight is 877 g/mol. The van der Waals surface area contributed by atoms with E-state index in [9.17, 15) is 0 Å². The number of anilines is 4. The van der Waals surface area contributed by atoms with E-state index in [1.807, 2.05) is 12.3 Å². The van der Waals surface area contributed by atoms with Crippen molar-refractivity contribution in [3.05, 3.63) is 151 Å². The van der Waals surface area contributed by atoms with Gasteiger partial charge in [0, 0.05) is 61.3 Å². The SMILES string of the molecule is CC(C)c1cccc(N2[CH-]N(c3[c-]c(Oc4[c-]c5c(cc4)c4ccccc4n5-c4cc(C(C)(C)C)ccn4)cc(C(C)(C)C)c3)c3ccccc32)c1.[Pt]. The van der Waals surface area contributed by atoms with Crippen molar-refractivity contribution in [3.8, 4) is 17.3 Å². The van der Waals surface area contributed by atoms with Gasteiger partial charge in [0.15, 0.2) is 0 Å². The number of hydrogen-bond acceptors (Lipinski definition) is 4. The molecule has 272 valence electrons. The summed E-state index contributed by atoms with van der Waals surface area (Å²) in [7, 11) is 0. The van der Waals surface area contributed by atoms with Crippen molar-refractivity contribution >= 4 is 44.6 Å². The van der Waals surface area contributed by atoms with Crippen molar-refractivity contribution < 1.29 is 25.8 Å². The van der Waals surface area contributed by atoms with Crippen molar-refractivity contribution in [3.63, 3.8) is 0 Å². The molecule has 53 heavy (non-hydrogen) atoms. The molecule has 1 aliphatic rings. The molecule has 5 aromatic carbocycles. The van der Waals surface area contributed by atoms with Crippen molar-refractivity contribution in [1.29, 1.82) is 0 Å². The fourth-order valence-corrected chi connectivity index (χ4v) is 6.99. The van der Waals surface area contributed by atoms with Gasteiger partial charge in [0.1, 0.15) is 5.82 Å². The second-order valence-corrected chi connectivity index (χ2v) is 16.2. The van der Waals surface area contributed by atoms with Gasteiger partial charge in [-0.1, -0.05) is 103 Å². The number of ether oxygens (including phenoxy) is 1. The molecule has 3 heterocycles. The molecule has 0 saturated heterocycles. The zero-order chi connectivity index (χ0) is 36.4. The van der Waals surface area contributed by atoms with Crippen LogP contribution in [0.3, 0.4) is 0 Å². The average Bonchev–Trinajstić information content (AvgIpc) is 3.67. The second kappa shape index (κ2) is 13.8. The van der Waals surface area contributed by atoms with Crippen molar-refractivity contribution in [1.82, 2.24) is 9.55 Å². The molecular formula is C47H45N4OPt-3. The van der Waals surface area contributed by atoms with Crippen molar-refractivity contribution in [2.45, 2.75) is 72.1 Å². The largest absolute Gasteiger partial charge is 0.509 e. The van der Waals surface area contributed by atoms with E-state index in [2.05, 4.69) is 192 Å². The van der Waals surface area contributed by atoms with Crippen LogP contribution in [0.15, 0.2) is 115 Å². The van der Waals surface area contributed by atoms with Gasteiger partial charge in [0.25, 0.3) is 0 Å². The molecule has 8 rings (SSSR count). The fraction of sp³-hybridized carbons (Fsp3) is 0.234. The first kappa shape index (κ1) is 36.5. The van der Waals surface area contributed by atoms with Crippen LogP contribution in [0.1, 0.15) is 78.0 Å². The van der Waals surface area contributed by atoms with E-state index >= 15 is 0 Å². The summed E-state index contributed by atoms with van der Waals surface area (Å²) in [6.45, 7) is 20.0. The molecule has 0 unspecified atom stereocenters. The molecule has 0 atom stereocenters. The first-order chi connectivity index (χ1) is 24.8. The Bertz CT molecular complexity index is 2450. The summed E-state index contributed by atoms with van der Waals surface area (Å²) in [5, 5.41) is 2.25. The summed E-state index contributed by atoms with van der Waals surface area (Å²) in [6.07, 6.45) is 1.90. The van der Waals surface area contributed by atoms with Crippen LogP contribution < -0.4 is 14.5 Å². The Balaban J connectivity index is 0.00000435. The van der Waals surface area contributed by atoms with Gasteiger partial charge >= 0.3 is 0 Å². The van der Waals surface area contributed by atoms with Crippen LogP contribution >= 0.6 is 0 Å². The van der Waals surface area contributed by atoms with E-state index in [-0.39, 0.29) is 31.9 Å². The minimum Gasteiger partial charge on any atom is -0.509 e. The minimum atomic E-state index is -0.129. The van der Waals surface area contributed by atoms with E-state index in [0.717, 1.165) is 55.9 Å². The normalized spacial score (nSPS) is 13.2. The van der Waals surface area contributed by atoms with Crippen LogP contribution in [-0.2, 0) is 31.9 Å². The molecule has 0 bridgehead atoms. The summed E-state index contributed by atoms with van der Waals surface area (Å²) < 4.78 is 8.93. The summed E-state index contributed by atoms with van der Waals surface area (Å²) >= 11 is 0. The zero-order valence-corrected chi connectivity index (χ0v) is 33.9. The summed E-state index contributed by atoms with van der Waals surface area (Å²) in [6, 6.07) is 45.9. The Labute approximate surface area is 328 Å². The number of fused-ring (bicyclic) bond motifs is 4. The van der Waals surface area contributed by atoms with Gasteiger partial charge in [-0.2, -0.15) is 6.07 Å². The number of pyridine rings is 1. The monoisotopic (exact) mass is 876 g/mol. The fourth-order valence-electron chi connectivity index (χ4n) is 6.99. The third-order valence-corrected chi connectivity index (χ3v) is 10.0. The van der Waals surface area contributed by atoms with Gasteiger partial charge in [-0.15, -0.1) is 53.6 Å². The second-order valence-electron chi connectivity index (χ2n) is 16.2. The number of rotatable bonds is 6. The Morgan fingerprint density at radius 3 is 2.11 bits per heavy atom. The van der Waals surface area contributed by atoms with Crippen LogP contribution in [0, 0.1) is 18.8 Å². The first-order valence-electron chi connectivity index (χ1n) is 18.2. The van der Waals surface area contributed by atoms with Crippen molar-refractivity contribution in [2.24, 2.45) is 0 Å². The number of benzene rings is 5. The summed E-state index contributed by atoms with van der Waals surface area (Å²) in [4.78, 5) is 9.33. The molecule has 0 saturated carbocycles. The van der Waals surface area contributed by atoms with Gasteiger partial charge in [-0.05, 0) is 75.7 Å². The molecule has 7 aromatic rings. The molecule has 0 radical (unpaired) electrons. The van der Waals surface area contributed by atoms with E-state index in [4.69, 9.17) is 9.72 Å². The Hall–Kier alpha value is -4.86. The number of nitrogens with zero attached hydrogens (tertiary/aromatic N) is 4.